The summed E-state index contributed by atoms with van der Waals surface area (Å²) in [6, 6.07) is 0.283. The van der Waals surface area contributed by atoms with Gasteiger partial charge in [0.25, 0.3) is 0 Å². The molecule has 0 saturated heterocycles. The number of hydrogen-bond donors (Lipinski definition) is 1. The maximum absolute atomic E-state index is 12.0. The third-order valence-electron chi connectivity index (χ3n) is 4.25. The highest BCUT2D eigenvalue weighted by molar-refractivity contribution is 4.80. The molecule has 1 saturated carbocycles. The summed E-state index contributed by atoms with van der Waals surface area (Å²) in [6.07, 6.45) is 2.56. The highest BCUT2D eigenvalue weighted by Gasteiger charge is 2.28. The Balaban J connectivity index is 2.22. The van der Waals surface area contributed by atoms with Gasteiger partial charge < -0.3 is 10.1 Å². The Morgan fingerprint density at radius 3 is 2.32 bits per heavy atom. The normalized spacial score (nSPS) is 26.4. The van der Waals surface area contributed by atoms with Crippen LogP contribution in [0.4, 0.5) is 13.2 Å². The van der Waals surface area contributed by atoms with Gasteiger partial charge in [0.05, 0.1) is 0 Å². The molecule has 0 bridgehead atoms. The lowest BCUT2D eigenvalue weighted by Crippen LogP contribution is -2.37. The van der Waals surface area contributed by atoms with Gasteiger partial charge >= 0.3 is 6.18 Å². The molecule has 0 amide bonds. The molecule has 1 rings (SSSR count). The molecule has 0 radical (unpaired) electrons. The van der Waals surface area contributed by atoms with Gasteiger partial charge in [-0.15, -0.1) is 0 Å². The highest BCUT2D eigenvalue weighted by atomic mass is 19.4. The van der Waals surface area contributed by atoms with Crippen LogP contribution in [0.5, 0.6) is 0 Å². The zero-order valence-corrected chi connectivity index (χ0v) is 11.9. The first-order valence-electron chi connectivity index (χ1n) is 7.28. The van der Waals surface area contributed by atoms with Crippen LogP contribution in [0.3, 0.4) is 0 Å². The second kappa shape index (κ2) is 8.10. The van der Waals surface area contributed by atoms with Gasteiger partial charge in [-0.25, -0.2) is 0 Å². The molecule has 19 heavy (non-hydrogen) atoms. The van der Waals surface area contributed by atoms with Crippen molar-refractivity contribution in [1.82, 2.24) is 5.32 Å². The Kier molecular flexibility index (Phi) is 7.15. The van der Waals surface area contributed by atoms with Crippen molar-refractivity contribution in [3.63, 3.8) is 0 Å². The van der Waals surface area contributed by atoms with Crippen molar-refractivity contribution in [3.8, 4) is 0 Å². The van der Waals surface area contributed by atoms with E-state index in [1.54, 1.807) is 0 Å². The molecule has 114 valence electrons. The topological polar surface area (TPSA) is 21.3 Å². The standard InChI is InChI=1S/C14H26F3NO/c1-3-11-4-6-12(7-5-11)13(18-2)8-9-19-10-14(15,16)17/h11-13,18H,3-10H2,1-2H3. The maximum Gasteiger partial charge on any atom is 0.411 e. The van der Waals surface area contributed by atoms with Crippen molar-refractivity contribution in [2.45, 2.75) is 57.7 Å². The smallest absolute Gasteiger partial charge is 0.372 e. The predicted octanol–water partition coefficient (Wildman–Crippen LogP) is 3.76. The van der Waals surface area contributed by atoms with Crippen molar-refractivity contribution in [2.75, 3.05) is 20.3 Å². The molecule has 1 N–H and O–H groups in total. The van der Waals surface area contributed by atoms with E-state index in [1.165, 1.54) is 32.1 Å². The summed E-state index contributed by atoms with van der Waals surface area (Å²) < 4.78 is 40.6. The summed E-state index contributed by atoms with van der Waals surface area (Å²) >= 11 is 0. The van der Waals surface area contributed by atoms with Gasteiger partial charge in [-0.3, -0.25) is 0 Å². The van der Waals surface area contributed by atoms with E-state index in [-0.39, 0.29) is 12.6 Å². The van der Waals surface area contributed by atoms with Crippen molar-refractivity contribution in [2.24, 2.45) is 11.8 Å². The molecule has 1 unspecified atom stereocenters. The van der Waals surface area contributed by atoms with Gasteiger partial charge in [0.2, 0.25) is 0 Å². The van der Waals surface area contributed by atoms with E-state index >= 15 is 0 Å². The minimum Gasteiger partial charge on any atom is -0.372 e. The first-order chi connectivity index (χ1) is 8.96. The van der Waals surface area contributed by atoms with Crippen molar-refractivity contribution in [1.29, 1.82) is 0 Å². The van der Waals surface area contributed by atoms with Crippen LogP contribution in [0.1, 0.15) is 45.4 Å². The Bertz CT molecular complexity index is 237. The van der Waals surface area contributed by atoms with Crippen LogP contribution >= 0.6 is 0 Å². The van der Waals surface area contributed by atoms with Crippen LogP contribution in [0.2, 0.25) is 0 Å². The van der Waals surface area contributed by atoms with Crippen molar-refractivity contribution in [3.05, 3.63) is 0 Å². The summed E-state index contributed by atoms with van der Waals surface area (Å²) in [5, 5.41) is 3.24. The number of alkyl halides is 3. The number of nitrogens with one attached hydrogen (secondary N) is 1. The molecule has 0 aromatic rings. The quantitative estimate of drug-likeness (QED) is 0.717. The Morgan fingerprint density at radius 2 is 1.84 bits per heavy atom. The van der Waals surface area contributed by atoms with Gasteiger partial charge in [0.1, 0.15) is 6.61 Å². The minimum atomic E-state index is -4.21. The molecule has 0 aromatic carbocycles. The van der Waals surface area contributed by atoms with E-state index in [2.05, 4.69) is 12.2 Å². The molecule has 0 aromatic heterocycles. The van der Waals surface area contributed by atoms with E-state index in [1.807, 2.05) is 7.05 Å². The molecule has 1 fully saturated rings. The molecule has 1 aliphatic rings. The Labute approximate surface area is 114 Å². The monoisotopic (exact) mass is 281 g/mol. The molecule has 1 atom stereocenters. The molecular formula is C14H26F3NO. The van der Waals surface area contributed by atoms with Crippen LogP contribution in [0.15, 0.2) is 0 Å². The zero-order chi connectivity index (χ0) is 14.3. The second-order valence-electron chi connectivity index (χ2n) is 5.54. The van der Waals surface area contributed by atoms with Crippen LogP contribution in [0, 0.1) is 11.8 Å². The molecule has 0 heterocycles. The van der Waals surface area contributed by atoms with Crippen molar-refractivity contribution >= 4 is 0 Å². The number of hydrogen-bond acceptors (Lipinski definition) is 2. The summed E-state index contributed by atoms with van der Waals surface area (Å²) in [5.74, 6) is 1.43. The Hall–Kier alpha value is -0.290. The Morgan fingerprint density at radius 1 is 1.21 bits per heavy atom. The summed E-state index contributed by atoms with van der Waals surface area (Å²) in [5.41, 5.74) is 0. The van der Waals surface area contributed by atoms with Crippen LogP contribution in [0.25, 0.3) is 0 Å². The number of rotatable bonds is 7. The van der Waals surface area contributed by atoms with Gasteiger partial charge in [-0.05, 0) is 38.1 Å². The van der Waals surface area contributed by atoms with Gasteiger partial charge in [0, 0.05) is 12.6 Å². The van der Waals surface area contributed by atoms with Gasteiger partial charge in [-0.1, -0.05) is 26.2 Å². The fourth-order valence-electron chi connectivity index (χ4n) is 3.01. The van der Waals surface area contributed by atoms with Crippen LogP contribution < -0.4 is 5.32 Å². The van der Waals surface area contributed by atoms with Crippen LogP contribution in [-0.4, -0.2) is 32.5 Å². The summed E-state index contributed by atoms with van der Waals surface area (Å²) in [7, 11) is 1.89. The SMILES string of the molecule is CCC1CCC(C(CCOCC(F)(F)F)NC)CC1. The van der Waals surface area contributed by atoms with E-state index in [0.717, 1.165) is 5.92 Å². The van der Waals surface area contributed by atoms with E-state index in [9.17, 15) is 13.2 Å². The summed E-state index contributed by atoms with van der Waals surface area (Å²) in [6.45, 7) is 1.27. The molecular weight excluding hydrogens is 255 g/mol. The van der Waals surface area contributed by atoms with E-state index < -0.39 is 12.8 Å². The van der Waals surface area contributed by atoms with Gasteiger partial charge in [-0.2, -0.15) is 13.2 Å². The lowest BCUT2D eigenvalue weighted by molar-refractivity contribution is -0.174. The zero-order valence-electron chi connectivity index (χ0n) is 11.9. The lowest BCUT2D eigenvalue weighted by Gasteiger charge is -2.33. The largest absolute Gasteiger partial charge is 0.411 e. The average Bonchev–Trinajstić information content (AvgIpc) is 2.38. The number of halogens is 3. The maximum atomic E-state index is 12.0. The van der Waals surface area contributed by atoms with Gasteiger partial charge in [0.15, 0.2) is 0 Å². The second-order valence-corrected chi connectivity index (χ2v) is 5.54. The fourth-order valence-corrected chi connectivity index (χ4v) is 3.01. The first kappa shape index (κ1) is 16.8. The van der Waals surface area contributed by atoms with E-state index in [0.29, 0.717) is 12.3 Å². The van der Waals surface area contributed by atoms with Crippen molar-refractivity contribution < 1.29 is 17.9 Å². The van der Waals surface area contributed by atoms with Crippen LogP contribution in [-0.2, 0) is 4.74 Å². The number of ether oxygens (including phenoxy) is 1. The third-order valence-corrected chi connectivity index (χ3v) is 4.25. The molecule has 0 spiro atoms. The minimum absolute atomic E-state index is 0.179. The third kappa shape index (κ3) is 6.61. The lowest BCUT2D eigenvalue weighted by atomic mass is 9.77. The molecule has 0 aliphatic heterocycles. The average molecular weight is 281 g/mol. The summed E-state index contributed by atoms with van der Waals surface area (Å²) in [4.78, 5) is 0. The first-order valence-corrected chi connectivity index (χ1v) is 7.28. The molecule has 2 nitrogen and oxygen atoms in total. The molecule has 5 heteroatoms. The molecule has 1 aliphatic carbocycles. The predicted molar refractivity (Wildman–Crippen MR) is 70.1 cm³/mol. The fraction of sp³-hybridized carbons (Fsp3) is 1.00. The van der Waals surface area contributed by atoms with E-state index in [4.69, 9.17) is 4.74 Å². The highest BCUT2D eigenvalue weighted by Crippen LogP contribution is 2.33.